The Bertz CT molecular complexity index is 806. The molecule has 0 aromatic heterocycles. The van der Waals surface area contributed by atoms with E-state index >= 15 is 0 Å². The first kappa shape index (κ1) is 15.8. The minimum absolute atomic E-state index is 0.0326. The zero-order chi connectivity index (χ0) is 17.1. The van der Waals surface area contributed by atoms with Crippen molar-refractivity contribution in [2.45, 2.75) is 43.9 Å². The van der Waals surface area contributed by atoms with Gasteiger partial charge in [-0.2, -0.15) is 0 Å². The van der Waals surface area contributed by atoms with Gasteiger partial charge in [-0.3, -0.25) is 4.90 Å². The van der Waals surface area contributed by atoms with Crippen LogP contribution in [-0.2, 0) is 11.3 Å². The minimum Gasteiger partial charge on any atom is -0.427 e. The molecule has 4 rings (SSSR count). The lowest BCUT2D eigenvalue weighted by Gasteiger charge is -2.34. The highest BCUT2D eigenvalue weighted by atomic mass is 16.6. The SMILES string of the molecule is O=C1O[C@@]2(C#Cc3ccccc3)CCCC[C@@H]2N1Cc1ccccc1. The van der Waals surface area contributed by atoms with Crippen molar-refractivity contribution in [3.8, 4) is 11.8 Å². The highest BCUT2D eigenvalue weighted by Crippen LogP contribution is 2.41. The Morgan fingerprint density at radius 1 is 1.04 bits per heavy atom. The fourth-order valence-corrected chi connectivity index (χ4v) is 3.82. The molecule has 2 aromatic rings. The summed E-state index contributed by atoms with van der Waals surface area (Å²) in [5, 5.41) is 0. The standard InChI is InChI=1S/C22H21NO2/c24-21-23(17-19-11-5-2-6-12-19)20-13-7-8-15-22(20,25-21)16-14-18-9-3-1-4-10-18/h1-6,9-12,20H,7-8,13,15,17H2/t20-,22+/m0/s1. The molecule has 2 fully saturated rings. The maximum atomic E-state index is 12.6. The van der Waals surface area contributed by atoms with Gasteiger partial charge in [0, 0.05) is 18.5 Å². The summed E-state index contributed by atoms with van der Waals surface area (Å²) in [6, 6.07) is 20.0. The monoisotopic (exact) mass is 331 g/mol. The van der Waals surface area contributed by atoms with Gasteiger partial charge < -0.3 is 4.74 Å². The van der Waals surface area contributed by atoms with E-state index in [1.54, 1.807) is 0 Å². The Morgan fingerprint density at radius 2 is 1.76 bits per heavy atom. The number of rotatable bonds is 2. The van der Waals surface area contributed by atoms with Gasteiger partial charge in [0.05, 0.1) is 6.04 Å². The van der Waals surface area contributed by atoms with Gasteiger partial charge in [-0.1, -0.05) is 60.9 Å². The van der Waals surface area contributed by atoms with Crippen LogP contribution in [0.4, 0.5) is 4.79 Å². The van der Waals surface area contributed by atoms with Crippen molar-refractivity contribution in [2.75, 3.05) is 0 Å². The molecule has 0 radical (unpaired) electrons. The maximum absolute atomic E-state index is 12.6. The van der Waals surface area contributed by atoms with Gasteiger partial charge >= 0.3 is 6.09 Å². The lowest BCUT2D eigenvalue weighted by molar-refractivity contribution is 0.0582. The van der Waals surface area contributed by atoms with Gasteiger partial charge in [0.15, 0.2) is 5.60 Å². The van der Waals surface area contributed by atoms with Crippen LogP contribution in [0.5, 0.6) is 0 Å². The number of hydrogen-bond acceptors (Lipinski definition) is 2. The first-order valence-electron chi connectivity index (χ1n) is 8.89. The van der Waals surface area contributed by atoms with Crippen molar-refractivity contribution in [1.29, 1.82) is 0 Å². The molecule has 1 amide bonds. The van der Waals surface area contributed by atoms with E-state index in [-0.39, 0.29) is 12.1 Å². The highest BCUT2D eigenvalue weighted by molar-refractivity contribution is 5.73. The van der Waals surface area contributed by atoms with Gasteiger partial charge in [-0.15, -0.1) is 0 Å². The molecule has 0 unspecified atom stereocenters. The highest BCUT2D eigenvalue weighted by Gasteiger charge is 2.54. The summed E-state index contributed by atoms with van der Waals surface area (Å²) >= 11 is 0. The van der Waals surface area contributed by atoms with Gasteiger partial charge in [-0.05, 0) is 36.5 Å². The molecule has 2 atom stereocenters. The predicted molar refractivity (Wildman–Crippen MR) is 96.8 cm³/mol. The van der Waals surface area contributed by atoms with Crippen molar-refractivity contribution in [2.24, 2.45) is 0 Å². The van der Waals surface area contributed by atoms with E-state index in [0.717, 1.165) is 36.8 Å². The predicted octanol–water partition coefficient (Wildman–Crippen LogP) is 4.37. The molecule has 1 aliphatic carbocycles. The number of carbonyl (C=O) groups excluding carboxylic acids is 1. The van der Waals surface area contributed by atoms with E-state index in [9.17, 15) is 4.79 Å². The van der Waals surface area contributed by atoms with E-state index in [4.69, 9.17) is 4.74 Å². The number of benzene rings is 2. The largest absolute Gasteiger partial charge is 0.427 e. The van der Waals surface area contributed by atoms with E-state index in [1.807, 2.05) is 65.6 Å². The van der Waals surface area contributed by atoms with Crippen molar-refractivity contribution in [3.05, 3.63) is 71.8 Å². The number of amides is 1. The lowest BCUT2D eigenvalue weighted by Crippen LogP contribution is -2.46. The first-order chi connectivity index (χ1) is 12.3. The first-order valence-corrected chi connectivity index (χ1v) is 8.89. The average Bonchev–Trinajstić information content (AvgIpc) is 2.94. The van der Waals surface area contributed by atoms with Crippen molar-refractivity contribution in [1.82, 2.24) is 4.90 Å². The number of ether oxygens (including phenoxy) is 1. The second-order valence-corrected chi connectivity index (χ2v) is 6.75. The van der Waals surface area contributed by atoms with Crippen LogP contribution in [0.1, 0.15) is 36.8 Å². The Kier molecular flexibility index (Phi) is 4.19. The zero-order valence-electron chi connectivity index (χ0n) is 14.2. The Labute approximate surface area is 148 Å². The van der Waals surface area contributed by atoms with Crippen molar-refractivity contribution >= 4 is 6.09 Å². The van der Waals surface area contributed by atoms with Crippen LogP contribution in [0.25, 0.3) is 0 Å². The molecule has 3 heteroatoms. The molecule has 1 aliphatic heterocycles. The molecule has 1 heterocycles. The van der Waals surface area contributed by atoms with Crippen LogP contribution in [0, 0.1) is 11.8 Å². The summed E-state index contributed by atoms with van der Waals surface area (Å²) in [6.07, 6.45) is 3.68. The Balaban J connectivity index is 1.63. The summed E-state index contributed by atoms with van der Waals surface area (Å²) in [4.78, 5) is 14.5. The van der Waals surface area contributed by atoms with Crippen molar-refractivity contribution < 1.29 is 9.53 Å². The molecule has 2 aliphatic rings. The smallest absolute Gasteiger partial charge is 0.412 e. The molecule has 1 saturated carbocycles. The van der Waals surface area contributed by atoms with Crippen molar-refractivity contribution in [3.63, 3.8) is 0 Å². The van der Waals surface area contributed by atoms with Gasteiger partial charge in [-0.25, -0.2) is 4.79 Å². The fraction of sp³-hybridized carbons (Fsp3) is 0.318. The topological polar surface area (TPSA) is 29.5 Å². The third-order valence-corrected chi connectivity index (χ3v) is 5.08. The van der Waals surface area contributed by atoms with Crippen LogP contribution < -0.4 is 0 Å². The van der Waals surface area contributed by atoms with E-state index in [1.165, 1.54) is 0 Å². The molecule has 0 N–H and O–H groups in total. The fourth-order valence-electron chi connectivity index (χ4n) is 3.82. The Morgan fingerprint density at radius 3 is 2.52 bits per heavy atom. The summed E-state index contributed by atoms with van der Waals surface area (Å²) < 4.78 is 5.87. The quantitative estimate of drug-likeness (QED) is 0.765. The van der Waals surface area contributed by atoms with E-state index in [2.05, 4.69) is 11.8 Å². The van der Waals surface area contributed by atoms with E-state index in [0.29, 0.717) is 6.54 Å². The van der Waals surface area contributed by atoms with Gasteiger partial charge in [0.1, 0.15) is 0 Å². The summed E-state index contributed by atoms with van der Waals surface area (Å²) in [5.74, 6) is 6.55. The normalized spacial score (nSPS) is 24.9. The number of carbonyl (C=O) groups is 1. The molecule has 0 bridgehead atoms. The third-order valence-electron chi connectivity index (χ3n) is 5.08. The average molecular weight is 331 g/mol. The van der Waals surface area contributed by atoms with Crippen LogP contribution in [0.3, 0.4) is 0 Å². The molecular weight excluding hydrogens is 310 g/mol. The molecule has 126 valence electrons. The summed E-state index contributed by atoms with van der Waals surface area (Å²) in [7, 11) is 0. The van der Waals surface area contributed by atoms with Crippen LogP contribution in [0.15, 0.2) is 60.7 Å². The number of nitrogens with zero attached hydrogens (tertiary/aromatic N) is 1. The summed E-state index contributed by atoms with van der Waals surface area (Å²) in [6.45, 7) is 0.582. The minimum atomic E-state index is -0.667. The van der Waals surface area contributed by atoms with Gasteiger partial charge in [0.2, 0.25) is 0 Å². The lowest BCUT2D eigenvalue weighted by atomic mass is 9.80. The second-order valence-electron chi connectivity index (χ2n) is 6.75. The van der Waals surface area contributed by atoms with Crippen LogP contribution in [0.2, 0.25) is 0 Å². The number of hydrogen-bond donors (Lipinski definition) is 0. The summed E-state index contributed by atoms with van der Waals surface area (Å²) in [5.41, 5.74) is 1.41. The maximum Gasteiger partial charge on any atom is 0.412 e. The Hall–Kier alpha value is -2.73. The van der Waals surface area contributed by atoms with Gasteiger partial charge in [0.25, 0.3) is 0 Å². The molecule has 2 aromatic carbocycles. The van der Waals surface area contributed by atoms with Crippen LogP contribution >= 0.6 is 0 Å². The molecule has 1 saturated heterocycles. The zero-order valence-corrected chi connectivity index (χ0v) is 14.2. The van der Waals surface area contributed by atoms with E-state index < -0.39 is 5.60 Å². The molecule has 25 heavy (non-hydrogen) atoms. The number of fused-ring (bicyclic) bond motifs is 1. The molecule has 3 nitrogen and oxygen atoms in total. The molecule has 0 spiro atoms. The second kappa shape index (κ2) is 6.64. The molecular formula is C22H21NO2. The third kappa shape index (κ3) is 3.13. The van der Waals surface area contributed by atoms with Crippen LogP contribution in [-0.4, -0.2) is 22.6 Å².